The fourth-order valence-corrected chi connectivity index (χ4v) is 1.12. The van der Waals surface area contributed by atoms with Crippen LogP contribution in [0, 0.1) is 0 Å². The molecule has 0 saturated carbocycles. The van der Waals surface area contributed by atoms with E-state index in [1.54, 1.807) is 0 Å². The van der Waals surface area contributed by atoms with Gasteiger partial charge in [-0.2, -0.15) is 0 Å². The molecule has 4 N–H and O–H groups in total. The van der Waals surface area contributed by atoms with Crippen LogP contribution in [0.25, 0.3) is 0 Å². The lowest BCUT2D eigenvalue weighted by molar-refractivity contribution is 0.165. The number of hydrogen-bond acceptors (Lipinski definition) is 5. The van der Waals surface area contributed by atoms with Gasteiger partial charge in [-0.25, -0.2) is 0 Å². The summed E-state index contributed by atoms with van der Waals surface area (Å²) in [6.07, 6.45) is 0.871. The first-order valence-corrected chi connectivity index (χ1v) is 4.73. The predicted molar refractivity (Wildman–Crippen MR) is 43.6 cm³/mol. The molecular weight excluding hydrogens is 167 g/mol. The van der Waals surface area contributed by atoms with Crippen molar-refractivity contribution in [3.63, 3.8) is 0 Å². The van der Waals surface area contributed by atoms with Crippen LogP contribution in [-0.2, 0) is 13.6 Å². The smallest absolute Gasteiger partial charge is 0.319 e. The van der Waals surface area contributed by atoms with Crippen LogP contribution >= 0.6 is 8.25 Å². The third-order valence-electron chi connectivity index (χ3n) is 0.895. The number of nitrogens with two attached hydrogens (primary N) is 2. The molecule has 0 spiro atoms. The van der Waals surface area contributed by atoms with E-state index in [2.05, 4.69) is 9.05 Å². The summed E-state index contributed by atoms with van der Waals surface area (Å²) in [5, 5.41) is 0. The molecular formula is C5H15N2O3P. The fourth-order valence-electron chi connectivity index (χ4n) is 0.412. The molecule has 1 aliphatic rings. The molecule has 1 heterocycles. The van der Waals surface area contributed by atoms with E-state index in [1.807, 2.05) is 0 Å². The third kappa shape index (κ3) is 7.97. The average Bonchev–Trinajstić information content (AvgIpc) is 2.07. The first kappa shape index (κ1) is 11.1. The van der Waals surface area contributed by atoms with Gasteiger partial charge in [0.25, 0.3) is 0 Å². The van der Waals surface area contributed by atoms with Crippen LogP contribution in [-0.4, -0.2) is 26.3 Å². The van der Waals surface area contributed by atoms with Gasteiger partial charge in [-0.1, -0.05) is 0 Å². The Bertz CT molecular complexity index is 102. The standard InChI is InChI=1S/C3H7O3P.C2H8N2/c4-7-5-2-1-3-6-7;3-1-2-4/h7H,1-3H2;1-4H2. The summed E-state index contributed by atoms with van der Waals surface area (Å²) in [5.41, 5.74) is 9.81. The zero-order chi connectivity index (χ0) is 8.53. The molecule has 1 aliphatic heterocycles. The van der Waals surface area contributed by atoms with Gasteiger partial charge in [-0.05, 0) is 6.42 Å². The second-order valence-electron chi connectivity index (χ2n) is 1.88. The monoisotopic (exact) mass is 182 g/mol. The van der Waals surface area contributed by atoms with Crippen LogP contribution in [0.5, 0.6) is 0 Å². The van der Waals surface area contributed by atoms with Gasteiger partial charge in [0.1, 0.15) is 0 Å². The topological polar surface area (TPSA) is 87.6 Å². The minimum atomic E-state index is -2.04. The van der Waals surface area contributed by atoms with Crippen molar-refractivity contribution in [2.75, 3.05) is 26.3 Å². The summed E-state index contributed by atoms with van der Waals surface area (Å²) in [6.45, 7) is 2.38. The lowest BCUT2D eigenvalue weighted by Gasteiger charge is -2.09. The summed E-state index contributed by atoms with van der Waals surface area (Å²) in [5.74, 6) is 0. The van der Waals surface area contributed by atoms with Gasteiger partial charge in [0.05, 0.1) is 13.2 Å². The molecule has 5 nitrogen and oxygen atoms in total. The molecule has 0 radical (unpaired) electrons. The van der Waals surface area contributed by atoms with Crippen LogP contribution in [0.1, 0.15) is 6.42 Å². The quantitative estimate of drug-likeness (QED) is 0.544. The van der Waals surface area contributed by atoms with E-state index in [9.17, 15) is 4.57 Å². The minimum Gasteiger partial charge on any atom is -0.329 e. The van der Waals surface area contributed by atoms with Crippen molar-refractivity contribution in [2.24, 2.45) is 11.5 Å². The van der Waals surface area contributed by atoms with Crippen molar-refractivity contribution >= 4 is 8.25 Å². The van der Waals surface area contributed by atoms with Gasteiger partial charge in [0.2, 0.25) is 0 Å². The molecule has 1 saturated heterocycles. The van der Waals surface area contributed by atoms with Crippen molar-refractivity contribution in [3.8, 4) is 0 Å². The highest BCUT2D eigenvalue weighted by Gasteiger charge is 2.04. The second kappa shape index (κ2) is 8.17. The molecule has 0 amide bonds. The molecule has 6 heteroatoms. The van der Waals surface area contributed by atoms with E-state index in [-0.39, 0.29) is 0 Å². The summed E-state index contributed by atoms with van der Waals surface area (Å²) in [7, 11) is -2.04. The van der Waals surface area contributed by atoms with Gasteiger partial charge in [0.15, 0.2) is 0 Å². The van der Waals surface area contributed by atoms with Gasteiger partial charge in [-0.15, -0.1) is 0 Å². The Morgan fingerprint density at radius 2 is 1.64 bits per heavy atom. The Morgan fingerprint density at radius 1 is 1.18 bits per heavy atom. The van der Waals surface area contributed by atoms with E-state index in [0.29, 0.717) is 26.3 Å². The Labute approximate surface area is 67.0 Å². The lowest BCUT2D eigenvalue weighted by Crippen LogP contribution is -2.11. The molecule has 0 aliphatic carbocycles. The minimum absolute atomic E-state index is 0.595. The van der Waals surface area contributed by atoms with E-state index < -0.39 is 8.25 Å². The summed E-state index contributed by atoms with van der Waals surface area (Å²) >= 11 is 0. The first-order valence-electron chi connectivity index (χ1n) is 3.51. The molecule has 0 unspecified atom stereocenters. The number of hydrogen-bond donors (Lipinski definition) is 2. The third-order valence-corrected chi connectivity index (χ3v) is 1.77. The van der Waals surface area contributed by atoms with Gasteiger partial charge in [-0.3, -0.25) is 4.57 Å². The molecule has 11 heavy (non-hydrogen) atoms. The first-order chi connectivity index (χ1) is 5.31. The normalized spacial score (nSPS) is 18.7. The molecule has 0 aromatic rings. The summed E-state index contributed by atoms with van der Waals surface area (Å²) < 4.78 is 19.4. The molecule has 68 valence electrons. The Hall–Kier alpha value is 0.0700. The highest BCUT2D eigenvalue weighted by Crippen LogP contribution is 2.27. The van der Waals surface area contributed by atoms with Crippen LogP contribution in [0.15, 0.2) is 0 Å². The van der Waals surface area contributed by atoms with E-state index in [1.165, 1.54) is 0 Å². The van der Waals surface area contributed by atoms with Crippen molar-refractivity contribution in [2.45, 2.75) is 6.42 Å². The maximum atomic E-state index is 10.2. The van der Waals surface area contributed by atoms with Gasteiger partial charge < -0.3 is 20.5 Å². The zero-order valence-electron chi connectivity index (χ0n) is 6.41. The second-order valence-corrected chi connectivity index (χ2v) is 2.96. The van der Waals surface area contributed by atoms with Crippen LogP contribution < -0.4 is 11.5 Å². The van der Waals surface area contributed by atoms with Crippen LogP contribution in [0.3, 0.4) is 0 Å². The average molecular weight is 182 g/mol. The highest BCUT2D eigenvalue weighted by atomic mass is 31.1. The highest BCUT2D eigenvalue weighted by molar-refractivity contribution is 7.33. The Morgan fingerprint density at radius 3 is 1.82 bits per heavy atom. The maximum absolute atomic E-state index is 10.2. The van der Waals surface area contributed by atoms with Gasteiger partial charge in [0, 0.05) is 13.1 Å². The zero-order valence-corrected chi connectivity index (χ0v) is 7.41. The van der Waals surface area contributed by atoms with Crippen molar-refractivity contribution in [1.82, 2.24) is 0 Å². The molecule has 0 aromatic heterocycles. The summed E-state index contributed by atoms with van der Waals surface area (Å²) in [4.78, 5) is 0. The van der Waals surface area contributed by atoms with Crippen LogP contribution in [0.4, 0.5) is 0 Å². The summed E-state index contributed by atoms with van der Waals surface area (Å²) in [6, 6.07) is 0. The van der Waals surface area contributed by atoms with E-state index in [0.717, 1.165) is 6.42 Å². The largest absolute Gasteiger partial charge is 0.329 e. The van der Waals surface area contributed by atoms with Crippen molar-refractivity contribution < 1.29 is 13.6 Å². The Kier molecular flexibility index (Phi) is 8.22. The molecule has 0 atom stereocenters. The predicted octanol–water partition coefficient (Wildman–Crippen LogP) is -0.283. The van der Waals surface area contributed by atoms with Crippen molar-refractivity contribution in [1.29, 1.82) is 0 Å². The van der Waals surface area contributed by atoms with E-state index in [4.69, 9.17) is 11.5 Å². The SMILES string of the molecule is NCCN.O=[PH]1OCCCO1. The molecule has 1 fully saturated rings. The molecule has 1 rings (SSSR count). The number of rotatable bonds is 1. The van der Waals surface area contributed by atoms with Crippen molar-refractivity contribution in [3.05, 3.63) is 0 Å². The fraction of sp³-hybridized carbons (Fsp3) is 1.00. The van der Waals surface area contributed by atoms with Gasteiger partial charge >= 0.3 is 8.25 Å². The van der Waals surface area contributed by atoms with E-state index >= 15 is 0 Å². The molecule has 0 aromatic carbocycles. The molecule has 0 bridgehead atoms. The van der Waals surface area contributed by atoms with Crippen LogP contribution in [0.2, 0.25) is 0 Å². The Balaban J connectivity index is 0.000000218. The lowest BCUT2D eigenvalue weighted by atomic mass is 10.5. The maximum Gasteiger partial charge on any atom is 0.319 e.